The average molecular weight is 364 g/mol. The van der Waals surface area contributed by atoms with Gasteiger partial charge in [-0.15, -0.1) is 5.10 Å². The van der Waals surface area contributed by atoms with E-state index in [0.717, 1.165) is 34.0 Å². The first-order chi connectivity index (χ1) is 13.1. The third-order valence-electron chi connectivity index (χ3n) is 4.93. The molecule has 4 aromatic heterocycles. The number of aryl methyl sites for hydroxylation is 2. The number of aromatic nitrogens is 7. The lowest BCUT2D eigenvalue weighted by molar-refractivity contribution is 0.0734. The maximum absolute atomic E-state index is 13.0. The maximum atomic E-state index is 13.0. The quantitative estimate of drug-likeness (QED) is 0.570. The van der Waals surface area contributed by atoms with E-state index in [1.807, 2.05) is 18.7 Å². The number of H-pyrrole nitrogens is 1. The second-order valence-corrected chi connectivity index (χ2v) is 6.60. The lowest BCUT2D eigenvalue weighted by atomic mass is 9.99. The fourth-order valence-corrected chi connectivity index (χ4v) is 3.55. The van der Waals surface area contributed by atoms with E-state index in [1.54, 1.807) is 18.3 Å². The van der Waals surface area contributed by atoms with Gasteiger partial charge in [-0.1, -0.05) is 5.16 Å². The Morgan fingerprint density at radius 1 is 1.30 bits per heavy atom. The van der Waals surface area contributed by atoms with Crippen LogP contribution in [0.5, 0.6) is 0 Å². The first-order valence-corrected chi connectivity index (χ1v) is 8.58. The van der Waals surface area contributed by atoms with Crippen LogP contribution in [-0.2, 0) is 13.0 Å². The summed E-state index contributed by atoms with van der Waals surface area (Å²) >= 11 is 0. The molecule has 5 heterocycles. The Morgan fingerprint density at radius 2 is 2.19 bits per heavy atom. The molecule has 1 aliphatic heterocycles. The van der Waals surface area contributed by atoms with Crippen LogP contribution in [-0.4, -0.2) is 52.7 Å². The molecule has 0 radical (unpaired) electrons. The Balaban J connectivity index is 1.48. The minimum absolute atomic E-state index is 0.0658. The zero-order chi connectivity index (χ0) is 18.5. The number of hydrogen-bond acceptors (Lipinski definition) is 7. The molecule has 136 valence electrons. The van der Waals surface area contributed by atoms with Crippen LogP contribution < -0.4 is 0 Å². The molecule has 0 bridgehead atoms. The van der Waals surface area contributed by atoms with Gasteiger partial charge in [0.15, 0.2) is 5.65 Å². The number of carbonyl (C=O) groups excluding carboxylic acids is 1. The lowest BCUT2D eigenvalue weighted by Crippen LogP contribution is -2.36. The molecule has 5 rings (SSSR count). The van der Waals surface area contributed by atoms with Crippen molar-refractivity contribution in [1.82, 2.24) is 40.3 Å². The average Bonchev–Trinajstić information content (AvgIpc) is 3.39. The third-order valence-corrected chi connectivity index (χ3v) is 4.93. The zero-order valence-electron chi connectivity index (χ0n) is 14.8. The normalized spacial score (nSPS) is 13.9. The number of tetrazole rings is 1. The fraction of sp³-hybridized carbons (Fsp3) is 0.294. The van der Waals surface area contributed by atoms with Gasteiger partial charge in [0.25, 0.3) is 5.91 Å². The number of carbonyl (C=O) groups is 1. The number of rotatable bonds is 2. The summed E-state index contributed by atoms with van der Waals surface area (Å²) in [4.78, 5) is 14.8. The van der Waals surface area contributed by atoms with Gasteiger partial charge in [-0.25, -0.2) is 0 Å². The van der Waals surface area contributed by atoms with E-state index in [4.69, 9.17) is 4.52 Å². The van der Waals surface area contributed by atoms with Crippen LogP contribution >= 0.6 is 0 Å². The summed E-state index contributed by atoms with van der Waals surface area (Å²) in [6.07, 6.45) is 2.36. The predicted molar refractivity (Wildman–Crippen MR) is 92.8 cm³/mol. The van der Waals surface area contributed by atoms with Crippen molar-refractivity contribution in [2.45, 2.75) is 26.8 Å². The number of nitrogens with zero attached hydrogens (tertiary/aromatic N) is 7. The van der Waals surface area contributed by atoms with Gasteiger partial charge >= 0.3 is 0 Å². The van der Waals surface area contributed by atoms with Crippen molar-refractivity contribution in [3.63, 3.8) is 0 Å². The number of hydrogen-bond donors (Lipinski definition) is 1. The minimum Gasteiger partial charge on any atom is -0.361 e. The summed E-state index contributed by atoms with van der Waals surface area (Å²) in [5, 5.41) is 22.9. The smallest absolute Gasteiger partial charge is 0.255 e. The monoisotopic (exact) mass is 364 g/mol. The molecule has 4 aromatic rings. The first kappa shape index (κ1) is 15.7. The molecule has 0 aliphatic carbocycles. The van der Waals surface area contributed by atoms with E-state index in [-0.39, 0.29) is 5.91 Å². The summed E-state index contributed by atoms with van der Waals surface area (Å²) in [6.45, 7) is 4.84. The summed E-state index contributed by atoms with van der Waals surface area (Å²) in [5.74, 6) is 0.651. The molecule has 0 saturated carbocycles. The molecule has 10 heteroatoms. The molecule has 0 fully saturated rings. The van der Waals surface area contributed by atoms with Gasteiger partial charge in [-0.2, -0.15) is 9.61 Å². The van der Waals surface area contributed by atoms with Crippen molar-refractivity contribution >= 4 is 11.6 Å². The molecule has 27 heavy (non-hydrogen) atoms. The van der Waals surface area contributed by atoms with E-state index < -0.39 is 0 Å². The van der Waals surface area contributed by atoms with E-state index in [2.05, 4.69) is 30.9 Å². The number of fused-ring (bicyclic) bond motifs is 2. The molecule has 10 nitrogen and oxygen atoms in total. The topological polar surface area (TPSA) is 118 Å². The zero-order valence-corrected chi connectivity index (χ0v) is 14.8. The molecule has 0 saturated heterocycles. The van der Waals surface area contributed by atoms with Crippen molar-refractivity contribution in [3.8, 4) is 11.3 Å². The summed E-state index contributed by atoms with van der Waals surface area (Å²) in [5.41, 5.74) is 5.67. The second kappa shape index (κ2) is 5.73. The van der Waals surface area contributed by atoms with E-state index in [0.29, 0.717) is 30.7 Å². The highest BCUT2D eigenvalue weighted by atomic mass is 16.5. The van der Waals surface area contributed by atoms with Crippen LogP contribution in [0.1, 0.15) is 33.1 Å². The summed E-state index contributed by atoms with van der Waals surface area (Å²) in [6, 6.07) is 3.48. The molecule has 0 spiro atoms. The Kier molecular flexibility index (Phi) is 3.33. The minimum atomic E-state index is -0.0658. The lowest BCUT2D eigenvalue weighted by Gasteiger charge is -2.27. The first-order valence-electron chi connectivity index (χ1n) is 8.58. The molecular weight excluding hydrogens is 348 g/mol. The fourth-order valence-electron chi connectivity index (χ4n) is 3.55. The van der Waals surface area contributed by atoms with Gasteiger partial charge < -0.3 is 9.42 Å². The van der Waals surface area contributed by atoms with Crippen molar-refractivity contribution in [2.24, 2.45) is 0 Å². The van der Waals surface area contributed by atoms with Crippen molar-refractivity contribution < 1.29 is 9.32 Å². The van der Waals surface area contributed by atoms with Crippen LogP contribution in [0.25, 0.3) is 16.9 Å². The number of aromatic amines is 1. The molecule has 0 atom stereocenters. The van der Waals surface area contributed by atoms with E-state index in [9.17, 15) is 4.79 Å². The molecule has 0 aromatic carbocycles. The largest absolute Gasteiger partial charge is 0.361 e. The number of amides is 1. The molecule has 1 N–H and O–H groups in total. The van der Waals surface area contributed by atoms with Gasteiger partial charge in [-0.05, 0) is 36.4 Å². The van der Waals surface area contributed by atoms with Gasteiger partial charge in [0.2, 0.25) is 0 Å². The SMILES string of the molecule is Cc1noc(C)c1-c1n[nH]c2c1CN(C(=O)c1ccc3nnnn3c1)CC2. The van der Waals surface area contributed by atoms with Crippen molar-refractivity contribution in [3.05, 3.63) is 46.6 Å². The van der Waals surface area contributed by atoms with Crippen molar-refractivity contribution in [1.29, 1.82) is 0 Å². The molecule has 0 unspecified atom stereocenters. The Labute approximate surface area is 153 Å². The standard InChI is InChI=1S/C17H16N8O2/c1-9-15(10(2)27-21-9)16-12-8-24(6-5-13(12)18-20-16)17(26)11-3-4-14-19-22-23-25(14)7-11/h3-4,7H,5-6,8H2,1-2H3,(H,18,20). The maximum Gasteiger partial charge on any atom is 0.255 e. The second-order valence-electron chi connectivity index (χ2n) is 6.60. The number of nitrogens with one attached hydrogen (secondary N) is 1. The molecule has 1 amide bonds. The highest BCUT2D eigenvalue weighted by Gasteiger charge is 2.28. The third kappa shape index (κ3) is 2.40. The van der Waals surface area contributed by atoms with Crippen LogP contribution in [0.2, 0.25) is 0 Å². The van der Waals surface area contributed by atoms with Crippen LogP contribution in [0.15, 0.2) is 22.9 Å². The molecular formula is C17H16N8O2. The predicted octanol–water partition coefficient (Wildman–Crippen LogP) is 1.32. The number of pyridine rings is 1. The van der Waals surface area contributed by atoms with Gasteiger partial charge in [-0.3, -0.25) is 9.89 Å². The molecule has 1 aliphatic rings. The van der Waals surface area contributed by atoms with E-state index >= 15 is 0 Å². The van der Waals surface area contributed by atoms with Gasteiger partial charge in [0.1, 0.15) is 11.5 Å². The Morgan fingerprint density at radius 3 is 3.00 bits per heavy atom. The van der Waals surface area contributed by atoms with Crippen LogP contribution in [0.3, 0.4) is 0 Å². The van der Waals surface area contributed by atoms with Crippen LogP contribution in [0.4, 0.5) is 0 Å². The summed E-state index contributed by atoms with van der Waals surface area (Å²) < 4.78 is 6.78. The van der Waals surface area contributed by atoms with Gasteiger partial charge in [0, 0.05) is 37.0 Å². The highest BCUT2D eigenvalue weighted by Crippen LogP contribution is 2.32. The highest BCUT2D eigenvalue weighted by molar-refractivity contribution is 5.94. The summed E-state index contributed by atoms with van der Waals surface area (Å²) in [7, 11) is 0. The Hall–Kier alpha value is -3.56. The van der Waals surface area contributed by atoms with Crippen molar-refractivity contribution in [2.75, 3.05) is 6.54 Å². The Bertz CT molecular complexity index is 1150. The van der Waals surface area contributed by atoms with E-state index in [1.165, 1.54) is 4.52 Å². The van der Waals surface area contributed by atoms with Crippen LogP contribution in [0, 0.1) is 13.8 Å². The van der Waals surface area contributed by atoms with Gasteiger partial charge in [0.05, 0.1) is 16.8 Å².